The van der Waals surface area contributed by atoms with Crippen LogP contribution < -0.4 is 4.74 Å². The number of aryl methyl sites for hydroxylation is 1. The number of hydrogen-bond donors (Lipinski definition) is 1. The van der Waals surface area contributed by atoms with Crippen LogP contribution in [0.4, 0.5) is 4.79 Å². The van der Waals surface area contributed by atoms with Crippen molar-refractivity contribution < 1.29 is 24.2 Å². The van der Waals surface area contributed by atoms with Gasteiger partial charge in [-0.3, -0.25) is 4.90 Å². The molecule has 1 N–H and O–H groups in total. The summed E-state index contributed by atoms with van der Waals surface area (Å²) in [6, 6.07) is 13.0. The molecule has 1 fully saturated rings. The van der Waals surface area contributed by atoms with Crippen molar-refractivity contribution in [1.29, 1.82) is 0 Å². The van der Waals surface area contributed by atoms with E-state index in [1.807, 2.05) is 26.8 Å². The number of amides is 1. The predicted molar refractivity (Wildman–Crippen MR) is 128 cm³/mol. The van der Waals surface area contributed by atoms with Gasteiger partial charge in [0.15, 0.2) is 0 Å². The molecule has 0 atom stereocenters. The second-order valence-corrected chi connectivity index (χ2v) is 9.33. The van der Waals surface area contributed by atoms with E-state index in [2.05, 4.69) is 17.0 Å². The molecule has 1 saturated heterocycles. The summed E-state index contributed by atoms with van der Waals surface area (Å²) < 4.78 is 11.1. The molecule has 1 amide bonds. The van der Waals surface area contributed by atoms with Crippen LogP contribution in [0.3, 0.4) is 0 Å². The molecule has 7 heteroatoms. The first-order valence-corrected chi connectivity index (χ1v) is 11.4. The number of carboxylic acid groups (broad SMARTS) is 1. The Morgan fingerprint density at radius 1 is 1.00 bits per heavy atom. The lowest BCUT2D eigenvalue weighted by Gasteiger charge is -2.35. The van der Waals surface area contributed by atoms with Gasteiger partial charge in [0.2, 0.25) is 0 Å². The number of carbonyl (C=O) groups excluding carboxylic acids is 1. The standard InChI is InChI=1S/C26H34N2O5/c1-26(2,3)33-25(31)28-16-14-27(15-17-28)13-5-6-19-7-12-22(23(18-19)32-4)20-8-10-21(11-9-20)24(29)30/h7-12,18H,5-6,13-17H2,1-4H3,(H,29,30). The quantitative estimate of drug-likeness (QED) is 0.661. The number of piperazine rings is 1. The lowest BCUT2D eigenvalue weighted by Crippen LogP contribution is -2.50. The summed E-state index contributed by atoms with van der Waals surface area (Å²) in [6.45, 7) is 9.73. The van der Waals surface area contributed by atoms with E-state index < -0.39 is 11.6 Å². The normalized spacial score (nSPS) is 14.7. The summed E-state index contributed by atoms with van der Waals surface area (Å²) in [5.41, 5.74) is 2.86. The summed E-state index contributed by atoms with van der Waals surface area (Å²) in [5, 5.41) is 9.09. The van der Waals surface area contributed by atoms with Crippen LogP contribution in [0.1, 0.15) is 43.1 Å². The molecule has 3 rings (SSSR count). The molecule has 1 heterocycles. The summed E-state index contributed by atoms with van der Waals surface area (Å²) in [4.78, 5) is 27.5. The van der Waals surface area contributed by atoms with Gasteiger partial charge in [0.25, 0.3) is 0 Å². The zero-order chi connectivity index (χ0) is 24.0. The van der Waals surface area contributed by atoms with E-state index >= 15 is 0 Å². The van der Waals surface area contributed by atoms with Gasteiger partial charge in [-0.1, -0.05) is 24.3 Å². The Hall–Kier alpha value is -3.06. The van der Waals surface area contributed by atoms with Gasteiger partial charge in [0.05, 0.1) is 12.7 Å². The minimum Gasteiger partial charge on any atom is -0.496 e. The number of hydrogen-bond acceptors (Lipinski definition) is 5. The summed E-state index contributed by atoms with van der Waals surface area (Å²) in [7, 11) is 1.65. The molecule has 0 aromatic heterocycles. The molecule has 0 saturated carbocycles. The first-order chi connectivity index (χ1) is 15.7. The van der Waals surface area contributed by atoms with Crippen LogP contribution in [0.5, 0.6) is 5.75 Å². The molecule has 2 aromatic carbocycles. The molecule has 0 radical (unpaired) electrons. The maximum absolute atomic E-state index is 12.2. The first-order valence-electron chi connectivity index (χ1n) is 11.4. The van der Waals surface area contributed by atoms with Gasteiger partial charge in [-0.05, 0) is 69.5 Å². The first kappa shape index (κ1) is 24.6. The van der Waals surface area contributed by atoms with Crippen LogP contribution in [-0.2, 0) is 11.2 Å². The number of rotatable bonds is 7. The van der Waals surface area contributed by atoms with Gasteiger partial charge in [-0.25, -0.2) is 9.59 Å². The highest BCUT2D eigenvalue weighted by molar-refractivity contribution is 5.88. The van der Waals surface area contributed by atoms with Crippen molar-refractivity contribution in [3.63, 3.8) is 0 Å². The van der Waals surface area contributed by atoms with E-state index in [9.17, 15) is 9.59 Å². The van der Waals surface area contributed by atoms with Crippen molar-refractivity contribution in [3.8, 4) is 16.9 Å². The number of carboxylic acids is 1. The fourth-order valence-electron chi connectivity index (χ4n) is 3.91. The number of aromatic carboxylic acids is 1. The molecule has 2 aromatic rings. The number of ether oxygens (including phenoxy) is 2. The molecule has 0 aliphatic carbocycles. The van der Waals surface area contributed by atoms with E-state index in [0.717, 1.165) is 49.4 Å². The highest BCUT2D eigenvalue weighted by Gasteiger charge is 2.25. The maximum atomic E-state index is 12.2. The highest BCUT2D eigenvalue weighted by Crippen LogP contribution is 2.31. The van der Waals surface area contributed by atoms with E-state index in [1.165, 1.54) is 5.56 Å². The van der Waals surface area contributed by atoms with Crippen molar-refractivity contribution in [2.75, 3.05) is 39.8 Å². The molecule has 0 spiro atoms. The minimum atomic E-state index is -0.935. The molecule has 1 aliphatic heterocycles. The van der Waals surface area contributed by atoms with E-state index in [1.54, 1.807) is 36.3 Å². The van der Waals surface area contributed by atoms with E-state index in [-0.39, 0.29) is 11.7 Å². The Balaban J connectivity index is 1.50. The molecule has 0 bridgehead atoms. The summed E-state index contributed by atoms with van der Waals surface area (Å²) in [5.74, 6) is -0.156. The molecule has 0 unspecified atom stereocenters. The Bertz CT molecular complexity index is 958. The van der Waals surface area contributed by atoms with Crippen molar-refractivity contribution in [3.05, 3.63) is 53.6 Å². The van der Waals surface area contributed by atoms with Crippen LogP contribution in [0.2, 0.25) is 0 Å². The number of benzene rings is 2. The fraction of sp³-hybridized carbons (Fsp3) is 0.462. The van der Waals surface area contributed by atoms with Crippen molar-refractivity contribution in [2.24, 2.45) is 0 Å². The second-order valence-electron chi connectivity index (χ2n) is 9.33. The van der Waals surface area contributed by atoms with E-state index in [0.29, 0.717) is 13.1 Å². The average molecular weight is 455 g/mol. The topological polar surface area (TPSA) is 79.3 Å². The van der Waals surface area contributed by atoms with Gasteiger partial charge < -0.3 is 19.5 Å². The number of carbonyl (C=O) groups is 2. The van der Waals surface area contributed by atoms with Crippen LogP contribution in [-0.4, -0.2) is 72.4 Å². The van der Waals surface area contributed by atoms with Gasteiger partial charge in [-0.2, -0.15) is 0 Å². The fourth-order valence-corrected chi connectivity index (χ4v) is 3.91. The summed E-state index contributed by atoms with van der Waals surface area (Å²) in [6.07, 6.45) is 1.72. The van der Waals surface area contributed by atoms with Crippen LogP contribution in [0.25, 0.3) is 11.1 Å². The third-order valence-electron chi connectivity index (χ3n) is 5.67. The SMILES string of the molecule is COc1cc(CCCN2CCN(C(=O)OC(C)(C)C)CC2)ccc1-c1ccc(C(=O)O)cc1. The zero-order valence-electron chi connectivity index (χ0n) is 20.0. The monoisotopic (exact) mass is 454 g/mol. The smallest absolute Gasteiger partial charge is 0.410 e. The Labute approximate surface area is 195 Å². The third kappa shape index (κ3) is 6.96. The van der Waals surface area contributed by atoms with Gasteiger partial charge in [-0.15, -0.1) is 0 Å². The van der Waals surface area contributed by atoms with Crippen LogP contribution in [0.15, 0.2) is 42.5 Å². The Morgan fingerprint density at radius 2 is 1.67 bits per heavy atom. The van der Waals surface area contributed by atoms with Gasteiger partial charge >= 0.3 is 12.1 Å². The molecule has 1 aliphatic rings. The minimum absolute atomic E-state index is 0.230. The lowest BCUT2D eigenvalue weighted by atomic mass is 9.99. The number of methoxy groups -OCH3 is 1. The molecule has 178 valence electrons. The largest absolute Gasteiger partial charge is 0.496 e. The zero-order valence-corrected chi connectivity index (χ0v) is 20.0. The Kier molecular flexibility index (Phi) is 7.97. The Morgan fingerprint density at radius 3 is 2.24 bits per heavy atom. The van der Waals surface area contributed by atoms with Gasteiger partial charge in [0.1, 0.15) is 11.4 Å². The van der Waals surface area contributed by atoms with Crippen molar-refractivity contribution in [2.45, 2.75) is 39.2 Å². The molecule has 7 nitrogen and oxygen atoms in total. The summed E-state index contributed by atoms with van der Waals surface area (Å²) >= 11 is 0. The average Bonchev–Trinajstić information content (AvgIpc) is 2.78. The third-order valence-corrected chi connectivity index (χ3v) is 5.67. The number of nitrogens with zero attached hydrogens (tertiary/aromatic N) is 2. The van der Waals surface area contributed by atoms with Crippen LogP contribution in [0, 0.1) is 0 Å². The van der Waals surface area contributed by atoms with Gasteiger partial charge in [0, 0.05) is 31.7 Å². The molecular weight excluding hydrogens is 420 g/mol. The molecular formula is C26H34N2O5. The second kappa shape index (κ2) is 10.7. The lowest BCUT2D eigenvalue weighted by molar-refractivity contribution is 0.0144. The van der Waals surface area contributed by atoms with Crippen LogP contribution >= 0.6 is 0 Å². The molecule has 33 heavy (non-hydrogen) atoms. The van der Waals surface area contributed by atoms with Crippen molar-refractivity contribution in [1.82, 2.24) is 9.80 Å². The van der Waals surface area contributed by atoms with E-state index in [4.69, 9.17) is 14.6 Å². The maximum Gasteiger partial charge on any atom is 0.410 e. The predicted octanol–water partition coefficient (Wildman–Crippen LogP) is 4.55. The van der Waals surface area contributed by atoms with Crippen molar-refractivity contribution >= 4 is 12.1 Å². The highest BCUT2D eigenvalue weighted by atomic mass is 16.6.